The minimum absolute atomic E-state index is 0.0131. The number of aromatic nitrogens is 4. The summed E-state index contributed by atoms with van der Waals surface area (Å²) in [6.07, 6.45) is 5.31. The summed E-state index contributed by atoms with van der Waals surface area (Å²) in [5.41, 5.74) is 0.376. The van der Waals surface area contributed by atoms with E-state index in [9.17, 15) is 15.2 Å². The summed E-state index contributed by atoms with van der Waals surface area (Å²) in [6.45, 7) is 7.17. The van der Waals surface area contributed by atoms with Crippen LogP contribution >= 0.6 is 0 Å². The minimum atomic E-state index is -1.06. The Morgan fingerprint density at radius 1 is 1.29 bits per heavy atom. The van der Waals surface area contributed by atoms with Gasteiger partial charge in [0, 0.05) is 6.54 Å². The first kappa shape index (κ1) is 22.7. The van der Waals surface area contributed by atoms with Crippen molar-refractivity contribution in [3.8, 4) is 6.07 Å². The summed E-state index contributed by atoms with van der Waals surface area (Å²) in [4.78, 5) is 27.9. The number of hydrogen-bond donors (Lipinski definition) is 1. The normalized spacial score (nSPS) is 14.9. The second-order valence-electron chi connectivity index (χ2n) is 9.30. The third-order valence-electron chi connectivity index (χ3n) is 5.47. The molecule has 0 aromatic carbocycles. The summed E-state index contributed by atoms with van der Waals surface area (Å²) < 4.78 is 1.92. The third-order valence-corrected chi connectivity index (χ3v) is 5.47. The van der Waals surface area contributed by atoms with Crippen LogP contribution in [0.1, 0.15) is 58.7 Å². The van der Waals surface area contributed by atoms with E-state index in [4.69, 9.17) is 0 Å². The fourth-order valence-corrected chi connectivity index (χ4v) is 4.14. The van der Waals surface area contributed by atoms with Crippen molar-refractivity contribution in [1.29, 1.82) is 5.26 Å². The number of nitrogens with zero attached hydrogens (tertiary/aromatic N) is 8. The molecule has 3 rings (SSSR count). The number of amides is 1. The lowest BCUT2D eigenvalue weighted by atomic mass is 10.1. The molecule has 1 aliphatic carbocycles. The van der Waals surface area contributed by atoms with Gasteiger partial charge in [-0.15, -0.1) is 0 Å². The Morgan fingerprint density at radius 3 is 2.52 bits per heavy atom. The fraction of sp³-hybridized carbons (Fsp3) is 0.667. The predicted octanol–water partition coefficient (Wildman–Crippen LogP) is 3.09. The zero-order valence-electron chi connectivity index (χ0n) is 19.0. The van der Waals surface area contributed by atoms with E-state index in [1.165, 1.54) is 5.01 Å². The van der Waals surface area contributed by atoms with Crippen LogP contribution in [0.2, 0.25) is 0 Å². The van der Waals surface area contributed by atoms with Gasteiger partial charge in [0.15, 0.2) is 17.0 Å². The third kappa shape index (κ3) is 4.88. The van der Waals surface area contributed by atoms with Gasteiger partial charge >= 0.3 is 6.09 Å². The molecule has 1 N–H and O–H groups in total. The molecule has 0 aliphatic heterocycles. The Hall–Kier alpha value is -2.93. The van der Waals surface area contributed by atoms with Crippen LogP contribution < -0.4 is 5.01 Å². The molecule has 2 heterocycles. The Labute approximate surface area is 183 Å². The molecule has 0 atom stereocenters. The average Bonchev–Trinajstić information content (AvgIpc) is 3.34. The number of nitriles is 1. The van der Waals surface area contributed by atoms with E-state index in [0.29, 0.717) is 23.5 Å². The first-order chi connectivity index (χ1) is 14.6. The maximum Gasteiger partial charge on any atom is 0.426 e. The molecule has 0 radical (unpaired) electrons. The van der Waals surface area contributed by atoms with Crippen LogP contribution in [0, 0.1) is 11.3 Å². The van der Waals surface area contributed by atoms with Gasteiger partial charge in [-0.05, 0) is 60.7 Å². The molecule has 0 spiro atoms. The SMILES string of the molecule is CN(C)CCCn1cnc2c(N(C3CCCC3)N(C(=O)O)C(C)(C)C)nc(C#N)nc21. The van der Waals surface area contributed by atoms with Crippen LogP contribution in [0.25, 0.3) is 11.2 Å². The molecule has 1 amide bonds. The molecule has 168 valence electrons. The highest BCUT2D eigenvalue weighted by molar-refractivity contribution is 5.85. The second-order valence-corrected chi connectivity index (χ2v) is 9.30. The predicted molar refractivity (Wildman–Crippen MR) is 118 cm³/mol. The lowest BCUT2D eigenvalue weighted by Crippen LogP contribution is -2.59. The van der Waals surface area contributed by atoms with E-state index in [0.717, 1.165) is 38.6 Å². The molecule has 31 heavy (non-hydrogen) atoms. The van der Waals surface area contributed by atoms with Crippen LogP contribution in [0.4, 0.5) is 10.6 Å². The molecular weight excluding hydrogens is 396 g/mol. The van der Waals surface area contributed by atoms with Gasteiger partial charge in [0.25, 0.3) is 0 Å². The first-order valence-electron chi connectivity index (χ1n) is 10.7. The molecule has 1 fully saturated rings. The second kappa shape index (κ2) is 9.06. The summed E-state index contributed by atoms with van der Waals surface area (Å²) in [5.74, 6) is 0.399. The standard InChI is InChI=1S/C21H32N8O2/c1-21(2,3)29(20(30)31)28(15-9-6-7-10-15)19-17-18(24-16(13-22)25-19)27(14-23-17)12-8-11-26(4)5/h14-15H,6-12H2,1-5H3,(H,30,31). The molecule has 2 aromatic heterocycles. The Balaban J connectivity index is 2.15. The number of fused-ring (bicyclic) bond motifs is 1. The number of hydrazine groups is 1. The smallest absolute Gasteiger partial charge is 0.426 e. The molecule has 0 unspecified atom stereocenters. The number of anilines is 1. The molecule has 0 bridgehead atoms. The average molecular weight is 429 g/mol. The van der Waals surface area contributed by atoms with Crippen molar-refractivity contribution in [2.45, 2.75) is 71.0 Å². The van der Waals surface area contributed by atoms with Crippen LogP contribution in [0.3, 0.4) is 0 Å². The Bertz CT molecular complexity index is 966. The highest BCUT2D eigenvalue weighted by Gasteiger charge is 2.39. The Kier molecular flexibility index (Phi) is 6.65. The van der Waals surface area contributed by atoms with E-state index in [2.05, 4.69) is 19.9 Å². The minimum Gasteiger partial charge on any atom is -0.464 e. The highest BCUT2D eigenvalue weighted by Crippen LogP contribution is 2.35. The molecule has 1 aliphatic rings. The van der Waals surface area contributed by atoms with Gasteiger partial charge in [0.05, 0.1) is 17.9 Å². The molecule has 0 saturated heterocycles. The van der Waals surface area contributed by atoms with Crippen LogP contribution in [0.15, 0.2) is 6.33 Å². The van der Waals surface area contributed by atoms with E-state index in [-0.39, 0.29) is 11.9 Å². The molecular formula is C21H32N8O2. The Morgan fingerprint density at radius 2 is 1.97 bits per heavy atom. The van der Waals surface area contributed by atoms with Crippen molar-refractivity contribution in [1.82, 2.24) is 29.4 Å². The van der Waals surface area contributed by atoms with Crippen LogP contribution in [-0.2, 0) is 6.54 Å². The van der Waals surface area contributed by atoms with E-state index in [1.54, 1.807) is 11.3 Å². The lowest BCUT2D eigenvalue weighted by Gasteiger charge is -2.45. The number of rotatable bonds is 7. The number of hydrogen-bond acceptors (Lipinski definition) is 7. The quantitative estimate of drug-likeness (QED) is 0.669. The van der Waals surface area contributed by atoms with Crippen molar-refractivity contribution in [3.05, 3.63) is 12.2 Å². The molecule has 1 saturated carbocycles. The maximum atomic E-state index is 12.4. The van der Waals surface area contributed by atoms with Gasteiger partial charge in [-0.1, -0.05) is 12.8 Å². The van der Waals surface area contributed by atoms with Crippen molar-refractivity contribution in [3.63, 3.8) is 0 Å². The number of imidazole rings is 1. The largest absolute Gasteiger partial charge is 0.464 e. The fourth-order valence-electron chi connectivity index (χ4n) is 4.14. The van der Waals surface area contributed by atoms with Gasteiger partial charge in [0.1, 0.15) is 6.07 Å². The number of carbonyl (C=O) groups is 1. The topological polar surface area (TPSA) is 114 Å². The summed E-state index contributed by atoms with van der Waals surface area (Å²) in [7, 11) is 4.04. The van der Waals surface area contributed by atoms with Gasteiger partial charge in [-0.3, -0.25) is 5.01 Å². The summed E-state index contributed by atoms with van der Waals surface area (Å²) in [5, 5.41) is 22.8. The van der Waals surface area contributed by atoms with E-state index < -0.39 is 11.6 Å². The molecule has 2 aromatic rings. The van der Waals surface area contributed by atoms with Crippen molar-refractivity contribution in [2.75, 3.05) is 25.6 Å². The zero-order valence-corrected chi connectivity index (χ0v) is 19.0. The van der Waals surface area contributed by atoms with Crippen molar-refractivity contribution in [2.24, 2.45) is 0 Å². The molecule has 10 nitrogen and oxygen atoms in total. The summed E-state index contributed by atoms with van der Waals surface area (Å²) in [6, 6.07) is 2.01. The van der Waals surface area contributed by atoms with E-state index >= 15 is 0 Å². The number of carboxylic acid groups (broad SMARTS) is 1. The van der Waals surface area contributed by atoms with Gasteiger partial charge < -0.3 is 14.6 Å². The lowest BCUT2D eigenvalue weighted by molar-refractivity contribution is 0.0832. The van der Waals surface area contributed by atoms with E-state index in [1.807, 2.05) is 45.5 Å². The van der Waals surface area contributed by atoms with Gasteiger partial charge in [-0.2, -0.15) is 15.2 Å². The van der Waals surface area contributed by atoms with Crippen molar-refractivity contribution >= 4 is 23.1 Å². The van der Waals surface area contributed by atoms with Crippen molar-refractivity contribution < 1.29 is 9.90 Å². The van der Waals surface area contributed by atoms with Gasteiger partial charge in [-0.25, -0.2) is 14.8 Å². The van der Waals surface area contributed by atoms with Gasteiger partial charge in [0.2, 0.25) is 5.82 Å². The highest BCUT2D eigenvalue weighted by atomic mass is 16.4. The maximum absolute atomic E-state index is 12.4. The molecule has 10 heteroatoms. The summed E-state index contributed by atoms with van der Waals surface area (Å²) >= 11 is 0. The van der Waals surface area contributed by atoms with Crippen LogP contribution in [0.5, 0.6) is 0 Å². The monoisotopic (exact) mass is 428 g/mol. The first-order valence-corrected chi connectivity index (χ1v) is 10.7. The zero-order chi connectivity index (χ0) is 22.8. The van der Waals surface area contributed by atoms with Crippen LogP contribution in [-0.4, -0.2) is 72.8 Å². The number of aryl methyl sites for hydroxylation is 1.